The minimum Gasteiger partial charge on any atom is -0.616 e. The van der Waals surface area contributed by atoms with E-state index in [1.54, 1.807) is 0 Å². The predicted octanol–water partition coefficient (Wildman–Crippen LogP) is 4.22. The van der Waals surface area contributed by atoms with Crippen LogP contribution in [0.1, 0.15) is 32.3 Å². The number of halogens is 1. The lowest BCUT2D eigenvalue weighted by atomic mass is 9.94. The van der Waals surface area contributed by atoms with Gasteiger partial charge in [0, 0.05) is 36.3 Å². The van der Waals surface area contributed by atoms with E-state index in [1.807, 2.05) is 19.2 Å². The van der Waals surface area contributed by atoms with E-state index in [-0.39, 0.29) is 0 Å². The van der Waals surface area contributed by atoms with Crippen molar-refractivity contribution in [1.82, 2.24) is 4.98 Å². The Morgan fingerprint density at radius 1 is 1.35 bits per heavy atom. The Morgan fingerprint density at radius 2 is 2.09 bits per heavy atom. The number of fused-ring (bicyclic) bond motifs is 1. The molecule has 1 atom stereocenters. The van der Waals surface area contributed by atoms with E-state index in [9.17, 15) is 4.55 Å². The van der Waals surface area contributed by atoms with Crippen LogP contribution in [0.3, 0.4) is 0 Å². The number of pyridine rings is 1. The molecule has 1 aliphatic rings. The third-order valence-corrected chi connectivity index (χ3v) is 6.24. The van der Waals surface area contributed by atoms with Gasteiger partial charge in [0.25, 0.3) is 0 Å². The first kappa shape index (κ1) is 16.9. The smallest absolute Gasteiger partial charge is 0.129 e. The number of anilines is 1. The number of aromatic nitrogens is 1. The van der Waals surface area contributed by atoms with Gasteiger partial charge in [-0.1, -0.05) is 42.7 Å². The second kappa shape index (κ2) is 6.88. The van der Waals surface area contributed by atoms with Crippen molar-refractivity contribution >= 4 is 39.2 Å². The summed E-state index contributed by atoms with van der Waals surface area (Å²) in [6.07, 6.45) is 1.89. The Labute approximate surface area is 146 Å². The highest BCUT2D eigenvalue weighted by molar-refractivity contribution is 7.91. The maximum Gasteiger partial charge on any atom is 0.129 e. The van der Waals surface area contributed by atoms with Gasteiger partial charge in [0.2, 0.25) is 0 Å². The van der Waals surface area contributed by atoms with E-state index in [1.165, 1.54) is 16.6 Å². The van der Waals surface area contributed by atoms with Crippen molar-refractivity contribution in [2.24, 2.45) is 5.92 Å². The van der Waals surface area contributed by atoms with Crippen molar-refractivity contribution in [3.63, 3.8) is 0 Å². The Bertz CT molecular complexity index is 701. The quantitative estimate of drug-likeness (QED) is 0.598. The van der Waals surface area contributed by atoms with Crippen LogP contribution in [-0.2, 0) is 11.2 Å². The molecular weight excluding hydrogens is 328 g/mol. The van der Waals surface area contributed by atoms with Gasteiger partial charge in [-0.3, -0.25) is 0 Å². The molecule has 2 heterocycles. The van der Waals surface area contributed by atoms with Crippen molar-refractivity contribution in [2.75, 3.05) is 29.5 Å². The van der Waals surface area contributed by atoms with Crippen LogP contribution in [0.2, 0.25) is 5.15 Å². The summed E-state index contributed by atoms with van der Waals surface area (Å²) in [5.74, 6) is 2.56. The van der Waals surface area contributed by atoms with Crippen LogP contribution in [0.25, 0.3) is 10.8 Å². The minimum atomic E-state index is -0.674. The summed E-state index contributed by atoms with van der Waals surface area (Å²) >= 11 is 5.44. The van der Waals surface area contributed by atoms with Gasteiger partial charge < -0.3 is 9.45 Å². The molecule has 1 fully saturated rings. The zero-order valence-electron chi connectivity index (χ0n) is 13.9. The van der Waals surface area contributed by atoms with E-state index in [0.717, 1.165) is 30.0 Å². The van der Waals surface area contributed by atoms with Crippen LogP contribution in [0.4, 0.5) is 5.69 Å². The Kier molecular flexibility index (Phi) is 5.04. The molecule has 1 saturated heterocycles. The molecule has 1 aromatic carbocycles. The van der Waals surface area contributed by atoms with E-state index in [4.69, 9.17) is 11.6 Å². The van der Waals surface area contributed by atoms with E-state index in [0.29, 0.717) is 17.0 Å². The molecule has 0 N–H and O–H groups in total. The van der Waals surface area contributed by atoms with Gasteiger partial charge in [0.05, 0.1) is 0 Å². The predicted molar refractivity (Wildman–Crippen MR) is 100 cm³/mol. The fourth-order valence-electron chi connectivity index (χ4n) is 3.25. The highest BCUT2D eigenvalue weighted by atomic mass is 35.5. The summed E-state index contributed by atoms with van der Waals surface area (Å²) < 4.78 is 11.7. The SMILES string of the molecule is CC[S+]([O-])CC1CN(c2ccc(C(C)C)c3cc(Cl)ncc23)C1. The first-order valence-electron chi connectivity index (χ1n) is 8.17. The molecule has 0 radical (unpaired) electrons. The molecule has 1 aromatic heterocycles. The van der Waals surface area contributed by atoms with Crippen LogP contribution in [0, 0.1) is 5.92 Å². The lowest BCUT2D eigenvalue weighted by molar-refractivity contribution is 0.445. The van der Waals surface area contributed by atoms with E-state index < -0.39 is 11.2 Å². The molecule has 0 spiro atoms. The number of hydrogen-bond acceptors (Lipinski definition) is 3. The summed E-state index contributed by atoms with van der Waals surface area (Å²) in [6, 6.07) is 6.37. The van der Waals surface area contributed by atoms with Gasteiger partial charge in [0.15, 0.2) is 0 Å². The first-order chi connectivity index (χ1) is 11.0. The molecule has 0 bridgehead atoms. The molecular formula is C18H23ClN2OS. The molecule has 3 nitrogen and oxygen atoms in total. The highest BCUT2D eigenvalue weighted by Crippen LogP contribution is 2.36. The monoisotopic (exact) mass is 350 g/mol. The van der Waals surface area contributed by atoms with Crippen LogP contribution in [0.15, 0.2) is 24.4 Å². The average Bonchev–Trinajstić information content (AvgIpc) is 2.48. The zero-order chi connectivity index (χ0) is 16.6. The molecule has 23 heavy (non-hydrogen) atoms. The summed E-state index contributed by atoms with van der Waals surface area (Å²) in [4.78, 5) is 6.64. The lowest BCUT2D eigenvalue weighted by Gasteiger charge is -2.41. The van der Waals surface area contributed by atoms with Crippen molar-refractivity contribution in [3.8, 4) is 0 Å². The molecule has 1 aliphatic heterocycles. The third kappa shape index (κ3) is 3.44. The number of rotatable bonds is 5. The standard InChI is InChI=1S/C18H23ClN2OS/c1-4-23(22)11-13-9-21(10-13)17-6-5-14(12(2)3)15-7-18(19)20-8-16(15)17/h5-8,12-13H,4,9-11H2,1-3H3. The zero-order valence-corrected chi connectivity index (χ0v) is 15.5. The fraction of sp³-hybridized carbons (Fsp3) is 0.500. The highest BCUT2D eigenvalue weighted by Gasteiger charge is 2.31. The lowest BCUT2D eigenvalue weighted by Crippen LogP contribution is -2.49. The second-order valence-electron chi connectivity index (χ2n) is 6.55. The minimum absolute atomic E-state index is 0.445. The molecule has 3 rings (SSSR count). The van der Waals surface area contributed by atoms with E-state index in [2.05, 4.69) is 35.9 Å². The van der Waals surface area contributed by atoms with E-state index >= 15 is 0 Å². The Hall–Kier alpha value is -0.970. The normalized spacial score (nSPS) is 16.9. The summed E-state index contributed by atoms with van der Waals surface area (Å²) in [6.45, 7) is 8.33. The summed E-state index contributed by atoms with van der Waals surface area (Å²) in [7, 11) is 0. The van der Waals surface area contributed by atoms with Gasteiger partial charge in [-0.15, -0.1) is 0 Å². The fourth-order valence-corrected chi connectivity index (χ4v) is 4.38. The first-order valence-corrected chi connectivity index (χ1v) is 10.0. The topological polar surface area (TPSA) is 39.2 Å². The van der Waals surface area contributed by atoms with Crippen molar-refractivity contribution in [2.45, 2.75) is 26.7 Å². The average molecular weight is 351 g/mol. The largest absolute Gasteiger partial charge is 0.616 e. The molecule has 0 amide bonds. The van der Waals surface area contributed by atoms with Gasteiger partial charge in [0.1, 0.15) is 16.7 Å². The Balaban J connectivity index is 1.87. The Morgan fingerprint density at radius 3 is 2.74 bits per heavy atom. The van der Waals surface area contributed by atoms with Gasteiger partial charge in [-0.05, 0) is 35.9 Å². The van der Waals surface area contributed by atoms with Crippen molar-refractivity contribution < 1.29 is 4.55 Å². The van der Waals surface area contributed by atoms with Gasteiger partial charge in [-0.25, -0.2) is 4.98 Å². The van der Waals surface area contributed by atoms with Crippen LogP contribution in [0.5, 0.6) is 0 Å². The van der Waals surface area contributed by atoms with Gasteiger partial charge >= 0.3 is 0 Å². The maximum absolute atomic E-state index is 11.7. The van der Waals surface area contributed by atoms with Gasteiger partial charge in [-0.2, -0.15) is 0 Å². The molecule has 5 heteroatoms. The number of benzene rings is 1. The molecule has 0 saturated carbocycles. The van der Waals surface area contributed by atoms with Crippen LogP contribution in [-0.4, -0.2) is 34.1 Å². The maximum atomic E-state index is 11.7. The third-order valence-electron chi connectivity index (χ3n) is 4.54. The number of hydrogen-bond donors (Lipinski definition) is 0. The molecule has 124 valence electrons. The second-order valence-corrected chi connectivity index (χ2v) is 8.72. The number of nitrogens with zero attached hydrogens (tertiary/aromatic N) is 2. The van der Waals surface area contributed by atoms with Crippen molar-refractivity contribution in [1.29, 1.82) is 0 Å². The van der Waals surface area contributed by atoms with Crippen LogP contribution >= 0.6 is 11.6 Å². The van der Waals surface area contributed by atoms with Crippen LogP contribution < -0.4 is 4.90 Å². The summed E-state index contributed by atoms with van der Waals surface area (Å²) in [5.41, 5.74) is 2.52. The molecule has 0 aliphatic carbocycles. The molecule has 2 aromatic rings. The summed E-state index contributed by atoms with van der Waals surface area (Å²) in [5, 5.41) is 2.89. The molecule has 1 unspecified atom stereocenters. The van der Waals surface area contributed by atoms with Crippen molar-refractivity contribution in [3.05, 3.63) is 35.1 Å².